The number of carbonyl (C=O) groups is 1. The van der Waals surface area contributed by atoms with Gasteiger partial charge < -0.3 is 14.4 Å². The quantitative estimate of drug-likeness (QED) is 0.728. The van der Waals surface area contributed by atoms with Crippen LogP contribution >= 0.6 is 11.6 Å². The van der Waals surface area contributed by atoms with Gasteiger partial charge in [0.1, 0.15) is 22.6 Å². The van der Waals surface area contributed by atoms with Crippen LogP contribution in [0.2, 0.25) is 5.15 Å². The van der Waals surface area contributed by atoms with Crippen molar-refractivity contribution in [2.75, 3.05) is 13.1 Å². The van der Waals surface area contributed by atoms with E-state index in [1.807, 2.05) is 45.0 Å². The number of halogens is 1. The topological polar surface area (TPSA) is 51.7 Å². The molecule has 1 aromatic carbocycles. The second-order valence-electron chi connectivity index (χ2n) is 7.30. The first kappa shape index (κ1) is 17.8. The summed E-state index contributed by atoms with van der Waals surface area (Å²) in [5, 5.41) is 2.50. The summed E-state index contributed by atoms with van der Waals surface area (Å²) in [7, 11) is 0. The lowest BCUT2D eigenvalue weighted by Crippen LogP contribution is -2.44. The van der Waals surface area contributed by atoms with E-state index in [0.29, 0.717) is 18.2 Å². The molecule has 1 fully saturated rings. The molecule has 0 unspecified atom stereocenters. The maximum atomic E-state index is 12.1. The van der Waals surface area contributed by atoms with Gasteiger partial charge in [-0.3, -0.25) is 0 Å². The van der Waals surface area contributed by atoms with E-state index in [9.17, 15) is 4.79 Å². The van der Waals surface area contributed by atoms with Crippen molar-refractivity contribution in [3.05, 3.63) is 35.6 Å². The second-order valence-corrected chi connectivity index (χ2v) is 7.69. The third-order valence-corrected chi connectivity index (χ3v) is 4.26. The first-order valence-corrected chi connectivity index (χ1v) is 8.88. The highest BCUT2D eigenvalue weighted by atomic mass is 35.5. The smallest absolute Gasteiger partial charge is 0.410 e. The molecule has 134 valence electrons. The largest absolute Gasteiger partial charge is 0.490 e. The minimum atomic E-state index is -0.467. The lowest BCUT2D eigenvalue weighted by molar-refractivity contribution is 0.0127. The van der Waals surface area contributed by atoms with E-state index in [-0.39, 0.29) is 12.2 Å². The zero-order chi connectivity index (χ0) is 18.0. The molecule has 5 nitrogen and oxygen atoms in total. The van der Waals surface area contributed by atoms with Crippen LogP contribution in [-0.4, -0.2) is 40.8 Å². The Kier molecular flexibility index (Phi) is 5.04. The molecule has 1 amide bonds. The monoisotopic (exact) mass is 362 g/mol. The van der Waals surface area contributed by atoms with Gasteiger partial charge in [0, 0.05) is 37.5 Å². The Morgan fingerprint density at radius 1 is 1.20 bits per heavy atom. The minimum Gasteiger partial charge on any atom is -0.490 e. The van der Waals surface area contributed by atoms with Crippen LogP contribution in [0.5, 0.6) is 5.75 Å². The molecule has 1 aliphatic rings. The predicted molar refractivity (Wildman–Crippen MR) is 98.2 cm³/mol. The van der Waals surface area contributed by atoms with Crippen molar-refractivity contribution in [2.45, 2.75) is 45.3 Å². The number of amides is 1. The van der Waals surface area contributed by atoms with E-state index in [0.717, 1.165) is 29.4 Å². The number of rotatable bonds is 2. The molecule has 0 spiro atoms. The Balaban J connectivity index is 1.58. The Hall–Kier alpha value is -2.01. The van der Waals surface area contributed by atoms with Gasteiger partial charge in [0.05, 0.1) is 0 Å². The van der Waals surface area contributed by atoms with Crippen molar-refractivity contribution >= 4 is 28.5 Å². The number of piperidine rings is 1. The molecule has 2 aromatic rings. The molecule has 2 heterocycles. The third kappa shape index (κ3) is 4.75. The summed E-state index contributed by atoms with van der Waals surface area (Å²) in [5.74, 6) is 0.811. The highest BCUT2D eigenvalue weighted by Crippen LogP contribution is 2.25. The van der Waals surface area contributed by atoms with Crippen molar-refractivity contribution < 1.29 is 14.3 Å². The van der Waals surface area contributed by atoms with Crippen LogP contribution in [-0.2, 0) is 4.74 Å². The average Bonchev–Trinajstić information content (AvgIpc) is 2.53. The molecule has 1 aliphatic heterocycles. The van der Waals surface area contributed by atoms with E-state index < -0.39 is 5.60 Å². The summed E-state index contributed by atoms with van der Waals surface area (Å²) in [6.07, 6.45) is 3.16. The normalized spacial score (nSPS) is 16.1. The molecule has 1 saturated heterocycles. The number of hydrogen-bond acceptors (Lipinski definition) is 4. The van der Waals surface area contributed by atoms with E-state index in [4.69, 9.17) is 21.1 Å². The molecule has 1 aromatic heterocycles. The fourth-order valence-corrected chi connectivity index (χ4v) is 3.01. The summed E-state index contributed by atoms with van der Waals surface area (Å²) < 4.78 is 11.5. The number of hydrogen-bond donors (Lipinski definition) is 0. The van der Waals surface area contributed by atoms with Crippen molar-refractivity contribution in [2.24, 2.45) is 0 Å². The van der Waals surface area contributed by atoms with E-state index in [1.165, 1.54) is 0 Å². The van der Waals surface area contributed by atoms with Gasteiger partial charge in [-0.05, 0) is 50.4 Å². The Morgan fingerprint density at radius 2 is 1.92 bits per heavy atom. The molecule has 25 heavy (non-hydrogen) atoms. The number of ether oxygens (including phenoxy) is 2. The van der Waals surface area contributed by atoms with Crippen molar-refractivity contribution in [3.8, 4) is 5.75 Å². The number of nitrogens with zero attached hydrogens (tertiary/aromatic N) is 2. The van der Waals surface area contributed by atoms with Crippen LogP contribution in [0.15, 0.2) is 30.5 Å². The zero-order valence-electron chi connectivity index (χ0n) is 14.8. The maximum absolute atomic E-state index is 12.1. The zero-order valence-corrected chi connectivity index (χ0v) is 15.5. The Morgan fingerprint density at radius 3 is 2.60 bits per heavy atom. The van der Waals surface area contributed by atoms with Crippen LogP contribution in [0.1, 0.15) is 33.6 Å². The molecular formula is C19H23ClN2O3. The first-order valence-electron chi connectivity index (χ1n) is 8.50. The molecule has 0 aliphatic carbocycles. The number of pyridine rings is 1. The summed E-state index contributed by atoms with van der Waals surface area (Å²) in [4.78, 5) is 17.9. The standard InChI is InChI=1S/C19H23ClN2O3/c1-19(2,3)25-18(23)22-8-6-15(7-9-22)24-16-5-4-13-12-21-17(20)11-14(13)10-16/h4-5,10-12,15H,6-9H2,1-3H3. The van der Waals surface area contributed by atoms with Gasteiger partial charge in [-0.2, -0.15) is 0 Å². The van der Waals surface area contributed by atoms with Gasteiger partial charge in [-0.25, -0.2) is 9.78 Å². The van der Waals surface area contributed by atoms with Crippen LogP contribution < -0.4 is 4.74 Å². The molecule has 0 bridgehead atoms. The van der Waals surface area contributed by atoms with Crippen LogP contribution in [0.4, 0.5) is 4.79 Å². The molecule has 3 rings (SSSR count). The van der Waals surface area contributed by atoms with Gasteiger partial charge in [-0.1, -0.05) is 11.6 Å². The first-order chi connectivity index (χ1) is 11.8. The van der Waals surface area contributed by atoms with Crippen molar-refractivity contribution in [1.29, 1.82) is 0 Å². The van der Waals surface area contributed by atoms with Gasteiger partial charge >= 0.3 is 6.09 Å². The van der Waals surface area contributed by atoms with E-state index in [2.05, 4.69) is 4.98 Å². The second kappa shape index (κ2) is 7.08. The van der Waals surface area contributed by atoms with Crippen molar-refractivity contribution in [1.82, 2.24) is 9.88 Å². The molecule has 0 N–H and O–H groups in total. The molecule has 6 heteroatoms. The maximum Gasteiger partial charge on any atom is 0.410 e. The summed E-state index contributed by atoms with van der Waals surface area (Å²) >= 11 is 5.95. The third-order valence-electron chi connectivity index (χ3n) is 4.06. The summed E-state index contributed by atoms with van der Waals surface area (Å²) in [5.41, 5.74) is -0.467. The molecular weight excluding hydrogens is 340 g/mol. The van der Waals surface area contributed by atoms with Gasteiger partial charge in [0.2, 0.25) is 0 Å². The number of aromatic nitrogens is 1. The van der Waals surface area contributed by atoms with Crippen LogP contribution in [0.25, 0.3) is 10.8 Å². The number of benzene rings is 1. The highest BCUT2D eigenvalue weighted by molar-refractivity contribution is 6.30. The van der Waals surface area contributed by atoms with Gasteiger partial charge in [-0.15, -0.1) is 0 Å². The number of fused-ring (bicyclic) bond motifs is 1. The van der Waals surface area contributed by atoms with Crippen LogP contribution in [0, 0.1) is 0 Å². The van der Waals surface area contributed by atoms with Gasteiger partial charge in [0.15, 0.2) is 0 Å². The SMILES string of the molecule is CC(C)(C)OC(=O)N1CCC(Oc2ccc3cnc(Cl)cc3c2)CC1. The highest BCUT2D eigenvalue weighted by Gasteiger charge is 2.27. The molecule has 0 radical (unpaired) electrons. The Labute approximate surface area is 152 Å². The van der Waals surface area contributed by atoms with E-state index >= 15 is 0 Å². The number of likely N-dealkylation sites (tertiary alicyclic amines) is 1. The number of carbonyl (C=O) groups excluding carboxylic acids is 1. The van der Waals surface area contributed by atoms with E-state index in [1.54, 1.807) is 11.1 Å². The predicted octanol–water partition coefficient (Wildman–Crippen LogP) is 4.67. The van der Waals surface area contributed by atoms with Crippen LogP contribution in [0.3, 0.4) is 0 Å². The fraction of sp³-hybridized carbons (Fsp3) is 0.474. The molecule has 0 saturated carbocycles. The average molecular weight is 363 g/mol. The lowest BCUT2D eigenvalue weighted by atomic mass is 10.1. The summed E-state index contributed by atoms with van der Waals surface area (Å²) in [6.45, 7) is 6.92. The molecule has 0 atom stereocenters. The Bertz CT molecular complexity index is 765. The van der Waals surface area contributed by atoms with Gasteiger partial charge in [0.25, 0.3) is 0 Å². The lowest BCUT2D eigenvalue weighted by Gasteiger charge is -2.33. The minimum absolute atomic E-state index is 0.0912. The fourth-order valence-electron chi connectivity index (χ4n) is 2.84. The summed E-state index contributed by atoms with van der Waals surface area (Å²) in [6, 6.07) is 7.72. The van der Waals surface area contributed by atoms with Crippen molar-refractivity contribution in [3.63, 3.8) is 0 Å².